The summed E-state index contributed by atoms with van der Waals surface area (Å²) in [5, 5.41) is 8.96. The molecule has 0 aliphatic heterocycles. The van der Waals surface area contributed by atoms with Crippen molar-refractivity contribution >= 4 is 5.97 Å². The number of ether oxygens (including phenoxy) is 1. The minimum absolute atomic E-state index is 0.0691. The Morgan fingerprint density at radius 2 is 1.95 bits per heavy atom. The van der Waals surface area contributed by atoms with Gasteiger partial charge in [-0.2, -0.15) is 13.2 Å². The van der Waals surface area contributed by atoms with Crippen LogP contribution in [0.5, 0.6) is 5.88 Å². The van der Waals surface area contributed by atoms with Crippen LogP contribution in [0.3, 0.4) is 0 Å². The van der Waals surface area contributed by atoms with Gasteiger partial charge in [0.15, 0.2) is 12.3 Å². The first-order valence-corrected chi connectivity index (χ1v) is 5.31. The molecule has 106 valence electrons. The molecule has 1 heterocycles. The molecule has 0 bridgehead atoms. The molecule has 0 amide bonds. The van der Waals surface area contributed by atoms with Crippen molar-refractivity contribution < 1.29 is 27.8 Å². The highest BCUT2D eigenvalue weighted by Crippen LogP contribution is 2.25. The van der Waals surface area contributed by atoms with E-state index in [1.54, 1.807) is 20.8 Å². The van der Waals surface area contributed by atoms with E-state index in [0.29, 0.717) is 0 Å². The second kappa shape index (κ2) is 5.02. The summed E-state index contributed by atoms with van der Waals surface area (Å²) in [7, 11) is 0. The zero-order valence-electron chi connectivity index (χ0n) is 10.6. The summed E-state index contributed by atoms with van der Waals surface area (Å²) in [5.41, 5.74) is -0.912. The smallest absolute Gasteiger partial charge is 0.422 e. The van der Waals surface area contributed by atoms with Crippen LogP contribution in [-0.4, -0.2) is 33.8 Å². The lowest BCUT2D eigenvalue weighted by Crippen LogP contribution is -2.23. The summed E-state index contributed by atoms with van der Waals surface area (Å²) in [6, 6.07) is 0. The lowest BCUT2D eigenvalue weighted by atomic mass is 9.90. The van der Waals surface area contributed by atoms with Crippen LogP contribution in [0.1, 0.15) is 37.0 Å². The average Bonchev–Trinajstić information content (AvgIpc) is 2.23. The first kappa shape index (κ1) is 15.2. The van der Waals surface area contributed by atoms with Crippen molar-refractivity contribution in [1.82, 2.24) is 9.97 Å². The highest BCUT2D eigenvalue weighted by molar-refractivity contribution is 5.86. The molecule has 1 rings (SSSR count). The summed E-state index contributed by atoms with van der Waals surface area (Å²) in [6.07, 6.45) is -3.63. The average molecular weight is 278 g/mol. The normalized spacial score (nSPS) is 12.3. The molecule has 0 saturated carbocycles. The zero-order valence-corrected chi connectivity index (χ0v) is 10.6. The van der Waals surface area contributed by atoms with Gasteiger partial charge in [0, 0.05) is 5.41 Å². The fourth-order valence-electron chi connectivity index (χ4n) is 1.28. The second-order valence-corrected chi connectivity index (χ2v) is 4.86. The predicted molar refractivity (Wildman–Crippen MR) is 59.2 cm³/mol. The van der Waals surface area contributed by atoms with Gasteiger partial charge in [-0.05, 0) is 0 Å². The number of alkyl halides is 3. The number of aromatic nitrogens is 2. The number of rotatable bonds is 3. The van der Waals surface area contributed by atoms with Crippen molar-refractivity contribution in [2.24, 2.45) is 0 Å². The van der Waals surface area contributed by atoms with Crippen molar-refractivity contribution in [3.63, 3.8) is 0 Å². The maximum absolute atomic E-state index is 12.0. The lowest BCUT2D eigenvalue weighted by Gasteiger charge is -2.20. The van der Waals surface area contributed by atoms with Crippen molar-refractivity contribution in [3.8, 4) is 5.88 Å². The monoisotopic (exact) mass is 278 g/mol. The van der Waals surface area contributed by atoms with E-state index < -0.39 is 24.2 Å². The molecular formula is C11H13F3N2O3. The van der Waals surface area contributed by atoms with Gasteiger partial charge in [-0.3, -0.25) is 0 Å². The lowest BCUT2D eigenvalue weighted by molar-refractivity contribution is -0.154. The minimum atomic E-state index is -4.49. The maximum atomic E-state index is 12.0. The van der Waals surface area contributed by atoms with E-state index in [-0.39, 0.29) is 17.3 Å². The van der Waals surface area contributed by atoms with E-state index in [0.717, 1.165) is 6.20 Å². The summed E-state index contributed by atoms with van der Waals surface area (Å²) in [4.78, 5) is 18.4. The predicted octanol–water partition coefficient (Wildman–Crippen LogP) is 2.41. The molecule has 19 heavy (non-hydrogen) atoms. The first-order chi connectivity index (χ1) is 8.50. The van der Waals surface area contributed by atoms with Crippen LogP contribution in [0.25, 0.3) is 0 Å². The molecule has 0 aromatic carbocycles. The van der Waals surface area contributed by atoms with E-state index in [2.05, 4.69) is 14.7 Å². The molecule has 1 aromatic rings. The summed E-state index contributed by atoms with van der Waals surface area (Å²) >= 11 is 0. The van der Waals surface area contributed by atoms with Gasteiger partial charge in [-0.1, -0.05) is 20.8 Å². The topological polar surface area (TPSA) is 72.3 Å². The Morgan fingerprint density at radius 1 is 1.37 bits per heavy atom. The van der Waals surface area contributed by atoms with Crippen molar-refractivity contribution in [2.45, 2.75) is 32.4 Å². The molecule has 0 aliphatic carbocycles. The van der Waals surface area contributed by atoms with Crippen LogP contribution < -0.4 is 4.74 Å². The highest BCUT2D eigenvalue weighted by Gasteiger charge is 2.30. The number of hydrogen-bond donors (Lipinski definition) is 1. The van der Waals surface area contributed by atoms with Crippen molar-refractivity contribution in [1.29, 1.82) is 0 Å². The standard InChI is InChI=1S/C11H13F3N2O3/c1-10(2,3)8-7(9(17)18)15-4-6(16-8)19-5-11(12,13)14/h4H,5H2,1-3H3,(H,17,18). The highest BCUT2D eigenvalue weighted by atomic mass is 19.4. The Labute approximate surface area is 107 Å². The summed E-state index contributed by atoms with van der Waals surface area (Å²) in [6.45, 7) is 3.53. The molecule has 1 N–H and O–H groups in total. The molecule has 1 aromatic heterocycles. The van der Waals surface area contributed by atoms with Gasteiger partial charge in [0.2, 0.25) is 5.88 Å². The fourth-order valence-corrected chi connectivity index (χ4v) is 1.28. The number of nitrogens with zero attached hydrogens (tertiary/aromatic N) is 2. The Kier molecular flexibility index (Phi) is 4.02. The SMILES string of the molecule is CC(C)(C)c1nc(OCC(F)(F)F)cnc1C(=O)O. The third kappa shape index (κ3) is 4.38. The number of halogens is 3. The number of carboxylic acids is 1. The summed E-state index contributed by atoms with van der Waals surface area (Å²) < 4.78 is 40.5. The van der Waals surface area contributed by atoms with Gasteiger partial charge < -0.3 is 9.84 Å². The van der Waals surface area contributed by atoms with Crippen LogP contribution in [0.15, 0.2) is 6.20 Å². The van der Waals surface area contributed by atoms with Gasteiger partial charge in [0.1, 0.15) is 0 Å². The van der Waals surface area contributed by atoms with Crippen molar-refractivity contribution in [3.05, 3.63) is 17.6 Å². The van der Waals surface area contributed by atoms with Crippen LogP contribution in [0, 0.1) is 0 Å². The van der Waals surface area contributed by atoms with E-state index >= 15 is 0 Å². The van der Waals surface area contributed by atoms with Gasteiger partial charge in [-0.25, -0.2) is 14.8 Å². The van der Waals surface area contributed by atoms with Crippen LogP contribution in [0.2, 0.25) is 0 Å². The van der Waals surface area contributed by atoms with Crippen molar-refractivity contribution in [2.75, 3.05) is 6.61 Å². The molecule has 0 radical (unpaired) electrons. The van der Waals surface area contributed by atoms with E-state index in [1.807, 2.05) is 0 Å². The number of hydrogen-bond acceptors (Lipinski definition) is 4. The van der Waals surface area contributed by atoms with Gasteiger partial charge in [0.05, 0.1) is 11.9 Å². The van der Waals surface area contributed by atoms with E-state index in [9.17, 15) is 18.0 Å². The number of carbonyl (C=O) groups is 1. The quantitative estimate of drug-likeness (QED) is 0.919. The van der Waals surface area contributed by atoms with Crippen LogP contribution in [0.4, 0.5) is 13.2 Å². The van der Waals surface area contributed by atoms with Crippen LogP contribution in [-0.2, 0) is 5.41 Å². The molecule has 0 atom stereocenters. The molecule has 0 fully saturated rings. The molecule has 0 saturated heterocycles. The molecule has 0 aliphatic rings. The van der Waals surface area contributed by atoms with Gasteiger partial charge >= 0.3 is 12.1 Å². The van der Waals surface area contributed by atoms with E-state index in [1.165, 1.54) is 0 Å². The third-order valence-electron chi connectivity index (χ3n) is 2.05. The first-order valence-electron chi connectivity index (χ1n) is 5.31. The third-order valence-corrected chi connectivity index (χ3v) is 2.05. The Balaban J connectivity index is 3.09. The fraction of sp³-hybridized carbons (Fsp3) is 0.545. The Morgan fingerprint density at radius 3 is 2.37 bits per heavy atom. The molecule has 0 unspecified atom stereocenters. The number of carboxylic acid groups (broad SMARTS) is 1. The molecular weight excluding hydrogens is 265 g/mol. The zero-order chi connectivity index (χ0) is 14.8. The van der Waals surface area contributed by atoms with Crippen LogP contribution >= 0.6 is 0 Å². The second-order valence-electron chi connectivity index (χ2n) is 4.86. The molecule has 5 nitrogen and oxygen atoms in total. The van der Waals surface area contributed by atoms with Gasteiger partial charge in [0.25, 0.3) is 0 Å². The van der Waals surface area contributed by atoms with Gasteiger partial charge in [-0.15, -0.1) is 0 Å². The largest absolute Gasteiger partial charge is 0.476 e. The molecule has 8 heteroatoms. The maximum Gasteiger partial charge on any atom is 0.422 e. The molecule has 0 spiro atoms. The Bertz CT molecular complexity index is 481. The number of aromatic carboxylic acids is 1. The Hall–Kier alpha value is -1.86. The summed E-state index contributed by atoms with van der Waals surface area (Å²) in [5.74, 6) is -1.65. The minimum Gasteiger partial charge on any atom is -0.476 e. The van der Waals surface area contributed by atoms with E-state index in [4.69, 9.17) is 5.11 Å².